The van der Waals surface area contributed by atoms with E-state index in [2.05, 4.69) is 0 Å². The fourth-order valence-electron chi connectivity index (χ4n) is 1.56. The molecule has 0 aliphatic carbocycles. The highest BCUT2D eigenvalue weighted by Crippen LogP contribution is 2.27. The Morgan fingerprint density at radius 3 is 2.84 bits per heavy atom. The monoisotopic (exact) mass is 287 g/mol. The summed E-state index contributed by atoms with van der Waals surface area (Å²) in [4.78, 5) is 11.1. The van der Waals surface area contributed by atoms with Crippen molar-refractivity contribution in [2.24, 2.45) is 5.73 Å². The second-order valence-corrected chi connectivity index (χ2v) is 4.25. The van der Waals surface area contributed by atoms with Crippen LogP contribution in [0.5, 0.6) is 5.75 Å². The molecule has 1 unspecified atom stereocenters. The summed E-state index contributed by atoms with van der Waals surface area (Å²) >= 11 is 5.92. The maximum atomic E-state index is 11.1. The molecule has 1 aromatic rings. The summed E-state index contributed by atoms with van der Waals surface area (Å²) in [5.41, 5.74) is 6.72. The fourth-order valence-corrected chi connectivity index (χ4v) is 1.74. The summed E-state index contributed by atoms with van der Waals surface area (Å²) in [5.74, 6) is 0.226. The molecule has 0 aliphatic rings. The van der Waals surface area contributed by atoms with Gasteiger partial charge < -0.3 is 19.9 Å². The second kappa shape index (κ2) is 7.99. The molecule has 0 saturated heterocycles. The van der Waals surface area contributed by atoms with Gasteiger partial charge in [0.05, 0.1) is 26.4 Å². The number of nitrogens with two attached hydrogens (primary N) is 1. The van der Waals surface area contributed by atoms with Crippen molar-refractivity contribution < 1.29 is 19.0 Å². The maximum Gasteiger partial charge on any atom is 0.332 e. The molecule has 106 valence electrons. The number of benzene rings is 1. The van der Waals surface area contributed by atoms with Gasteiger partial charge in [0.15, 0.2) is 0 Å². The third-order valence-corrected chi connectivity index (χ3v) is 2.65. The fraction of sp³-hybridized carbons (Fsp3) is 0.462. The van der Waals surface area contributed by atoms with Crippen LogP contribution in [0, 0.1) is 0 Å². The van der Waals surface area contributed by atoms with Crippen LogP contribution in [0.25, 0.3) is 0 Å². The van der Waals surface area contributed by atoms with Crippen molar-refractivity contribution in [1.82, 2.24) is 0 Å². The summed E-state index contributed by atoms with van der Waals surface area (Å²) in [6, 6.07) is 4.75. The zero-order valence-electron chi connectivity index (χ0n) is 11.0. The van der Waals surface area contributed by atoms with Gasteiger partial charge in [0, 0.05) is 10.6 Å². The number of carbonyl (C=O) groups excluding carboxylic acids is 1. The van der Waals surface area contributed by atoms with Gasteiger partial charge in [0.25, 0.3) is 0 Å². The minimum Gasteiger partial charge on any atom is -0.496 e. The van der Waals surface area contributed by atoms with E-state index in [1.165, 1.54) is 0 Å². The molecule has 1 aromatic carbocycles. The van der Waals surface area contributed by atoms with E-state index >= 15 is 0 Å². The Kier molecular flexibility index (Phi) is 6.62. The van der Waals surface area contributed by atoms with Crippen LogP contribution in [-0.2, 0) is 14.3 Å². The molecular weight excluding hydrogens is 270 g/mol. The van der Waals surface area contributed by atoms with Gasteiger partial charge in [-0.1, -0.05) is 11.6 Å². The van der Waals surface area contributed by atoms with Crippen molar-refractivity contribution in [1.29, 1.82) is 0 Å². The van der Waals surface area contributed by atoms with Gasteiger partial charge in [-0.25, -0.2) is 4.79 Å². The SMILES string of the molecule is CCOC(=O)COCC(N)c1cc(Cl)ccc1OC. The van der Waals surface area contributed by atoms with Gasteiger partial charge in [0.1, 0.15) is 12.4 Å². The van der Waals surface area contributed by atoms with Gasteiger partial charge in [-0.3, -0.25) is 0 Å². The summed E-state index contributed by atoms with van der Waals surface area (Å²) in [6.07, 6.45) is 0. The lowest BCUT2D eigenvalue weighted by Gasteiger charge is -2.16. The summed E-state index contributed by atoms with van der Waals surface area (Å²) in [7, 11) is 1.55. The van der Waals surface area contributed by atoms with E-state index in [4.69, 9.17) is 31.5 Å². The van der Waals surface area contributed by atoms with Crippen molar-refractivity contribution in [3.63, 3.8) is 0 Å². The molecule has 5 nitrogen and oxygen atoms in total. The summed E-state index contributed by atoms with van der Waals surface area (Å²) in [5, 5.41) is 0.566. The molecular formula is C13H18ClNO4. The molecule has 0 spiro atoms. The average molecular weight is 288 g/mol. The van der Waals surface area contributed by atoms with E-state index in [1.807, 2.05) is 0 Å². The lowest BCUT2D eigenvalue weighted by Crippen LogP contribution is -2.21. The maximum absolute atomic E-state index is 11.1. The standard InChI is InChI=1S/C13H18ClNO4/c1-3-19-13(16)8-18-7-11(15)10-6-9(14)4-5-12(10)17-2/h4-6,11H,3,7-8,15H2,1-2H3. The van der Waals surface area contributed by atoms with Crippen LogP contribution in [-0.4, -0.2) is 32.9 Å². The number of hydrogen-bond acceptors (Lipinski definition) is 5. The highest BCUT2D eigenvalue weighted by Gasteiger charge is 2.13. The number of ether oxygens (including phenoxy) is 3. The number of hydrogen-bond donors (Lipinski definition) is 1. The van der Waals surface area contributed by atoms with Crippen molar-refractivity contribution in [3.05, 3.63) is 28.8 Å². The van der Waals surface area contributed by atoms with Gasteiger partial charge in [0.2, 0.25) is 0 Å². The predicted octanol–water partition coefficient (Wildman–Crippen LogP) is 1.93. The first kappa shape index (κ1) is 15.8. The van der Waals surface area contributed by atoms with Crippen LogP contribution in [0.4, 0.5) is 0 Å². The third kappa shape index (κ3) is 5.06. The summed E-state index contributed by atoms with van der Waals surface area (Å²) in [6.45, 7) is 2.12. The summed E-state index contributed by atoms with van der Waals surface area (Å²) < 4.78 is 15.1. The molecule has 0 aromatic heterocycles. The molecule has 1 rings (SSSR count). The number of methoxy groups -OCH3 is 1. The molecule has 0 bridgehead atoms. The van der Waals surface area contributed by atoms with Crippen molar-refractivity contribution in [2.45, 2.75) is 13.0 Å². The van der Waals surface area contributed by atoms with Crippen LogP contribution in [0.1, 0.15) is 18.5 Å². The van der Waals surface area contributed by atoms with Gasteiger partial charge in [-0.05, 0) is 25.1 Å². The Balaban J connectivity index is 2.55. The van der Waals surface area contributed by atoms with Crippen LogP contribution < -0.4 is 10.5 Å². The first-order valence-corrected chi connectivity index (χ1v) is 6.28. The van der Waals surface area contributed by atoms with Gasteiger partial charge >= 0.3 is 5.97 Å². The van der Waals surface area contributed by atoms with E-state index in [0.717, 1.165) is 5.56 Å². The smallest absolute Gasteiger partial charge is 0.332 e. The van der Waals surface area contributed by atoms with E-state index in [9.17, 15) is 4.79 Å². The zero-order valence-corrected chi connectivity index (χ0v) is 11.8. The largest absolute Gasteiger partial charge is 0.496 e. The van der Waals surface area contributed by atoms with Crippen molar-refractivity contribution >= 4 is 17.6 Å². The normalized spacial score (nSPS) is 12.0. The highest BCUT2D eigenvalue weighted by atomic mass is 35.5. The molecule has 1 atom stereocenters. The Labute approximate surface area is 117 Å². The Morgan fingerprint density at radius 2 is 2.21 bits per heavy atom. The second-order valence-electron chi connectivity index (χ2n) is 3.81. The molecule has 6 heteroatoms. The predicted molar refractivity (Wildman–Crippen MR) is 72.4 cm³/mol. The zero-order chi connectivity index (χ0) is 14.3. The topological polar surface area (TPSA) is 70.8 Å². The van der Waals surface area contributed by atoms with Crippen molar-refractivity contribution in [2.75, 3.05) is 26.9 Å². The van der Waals surface area contributed by atoms with Crippen LogP contribution >= 0.6 is 11.6 Å². The van der Waals surface area contributed by atoms with Crippen molar-refractivity contribution in [3.8, 4) is 5.75 Å². The quantitative estimate of drug-likeness (QED) is 0.776. The molecule has 0 heterocycles. The number of esters is 1. The van der Waals surface area contributed by atoms with E-state index < -0.39 is 12.0 Å². The molecule has 0 aliphatic heterocycles. The van der Waals surface area contributed by atoms with Crippen LogP contribution in [0.15, 0.2) is 18.2 Å². The number of halogens is 1. The number of rotatable bonds is 7. The lowest BCUT2D eigenvalue weighted by molar-refractivity contribution is -0.148. The van der Waals surface area contributed by atoms with E-state index in [-0.39, 0.29) is 13.2 Å². The molecule has 0 amide bonds. The van der Waals surface area contributed by atoms with Gasteiger partial charge in [-0.2, -0.15) is 0 Å². The Hall–Kier alpha value is -1.30. The minimum atomic E-state index is -0.428. The molecule has 2 N–H and O–H groups in total. The van der Waals surface area contributed by atoms with E-state index in [0.29, 0.717) is 17.4 Å². The van der Waals surface area contributed by atoms with Crippen LogP contribution in [0.3, 0.4) is 0 Å². The first-order chi connectivity index (χ1) is 9.08. The average Bonchev–Trinajstić information content (AvgIpc) is 2.38. The molecule has 0 saturated carbocycles. The van der Waals surface area contributed by atoms with Gasteiger partial charge in [-0.15, -0.1) is 0 Å². The molecule has 0 fully saturated rings. The first-order valence-electron chi connectivity index (χ1n) is 5.90. The highest BCUT2D eigenvalue weighted by molar-refractivity contribution is 6.30. The Bertz CT molecular complexity index is 425. The lowest BCUT2D eigenvalue weighted by atomic mass is 10.1. The Morgan fingerprint density at radius 1 is 1.47 bits per heavy atom. The molecule has 19 heavy (non-hydrogen) atoms. The third-order valence-electron chi connectivity index (χ3n) is 2.41. The van der Waals surface area contributed by atoms with Crippen LogP contribution in [0.2, 0.25) is 5.02 Å². The van der Waals surface area contributed by atoms with E-state index in [1.54, 1.807) is 32.2 Å². The number of carbonyl (C=O) groups is 1. The minimum absolute atomic E-state index is 0.121. The molecule has 0 radical (unpaired) electrons.